The minimum absolute atomic E-state index is 0.0399. The number of halogens is 1. The molecule has 90 valence electrons. The third kappa shape index (κ3) is 3.62. The zero-order chi connectivity index (χ0) is 12.2. The molecule has 0 radical (unpaired) electrons. The SMILES string of the molecule is CCOC(C)(C)CNc1nc(N)ncc1F. The number of nitrogens with one attached hydrogen (secondary N) is 1. The Hall–Kier alpha value is -1.43. The maximum atomic E-state index is 13.2. The first-order valence-corrected chi connectivity index (χ1v) is 5.10. The molecule has 6 heteroatoms. The van der Waals surface area contributed by atoms with E-state index in [9.17, 15) is 4.39 Å². The molecule has 1 aromatic rings. The number of nitrogens with zero attached hydrogens (tertiary/aromatic N) is 2. The standard InChI is InChI=1S/C10H17FN4O/c1-4-16-10(2,3)6-14-8-7(11)5-13-9(12)15-8/h5H,4,6H2,1-3H3,(H3,12,13,14,15). The molecule has 0 amide bonds. The van der Waals surface area contributed by atoms with E-state index in [4.69, 9.17) is 10.5 Å². The molecule has 1 rings (SSSR count). The van der Waals surface area contributed by atoms with Crippen molar-refractivity contribution in [1.82, 2.24) is 9.97 Å². The van der Waals surface area contributed by atoms with E-state index in [1.807, 2.05) is 20.8 Å². The summed E-state index contributed by atoms with van der Waals surface area (Å²) in [4.78, 5) is 7.30. The third-order valence-corrected chi connectivity index (χ3v) is 1.98. The lowest BCUT2D eigenvalue weighted by Gasteiger charge is -2.25. The van der Waals surface area contributed by atoms with Gasteiger partial charge in [0.15, 0.2) is 11.6 Å². The molecular formula is C10H17FN4O. The minimum atomic E-state index is -0.526. The summed E-state index contributed by atoms with van der Waals surface area (Å²) in [5.74, 6) is -0.389. The fourth-order valence-electron chi connectivity index (χ4n) is 1.24. The number of anilines is 2. The van der Waals surface area contributed by atoms with E-state index in [2.05, 4.69) is 15.3 Å². The molecule has 1 heterocycles. The van der Waals surface area contributed by atoms with Crippen LogP contribution in [0, 0.1) is 5.82 Å². The van der Waals surface area contributed by atoms with E-state index in [0.29, 0.717) is 13.2 Å². The molecule has 0 bridgehead atoms. The first-order valence-electron chi connectivity index (χ1n) is 5.10. The Bertz CT molecular complexity index is 357. The fraction of sp³-hybridized carbons (Fsp3) is 0.600. The summed E-state index contributed by atoms with van der Waals surface area (Å²) in [6.07, 6.45) is 1.04. The molecule has 0 aromatic carbocycles. The van der Waals surface area contributed by atoms with E-state index in [0.717, 1.165) is 6.20 Å². The van der Waals surface area contributed by atoms with Crippen molar-refractivity contribution in [3.8, 4) is 0 Å². The molecular weight excluding hydrogens is 211 g/mol. The highest BCUT2D eigenvalue weighted by Gasteiger charge is 2.18. The summed E-state index contributed by atoms with van der Waals surface area (Å²) in [5.41, 5.74) is 4.98. The Balaban J connectivity index is 2.63. The Labute approximate surface area is 94.2 Å². The van der Waals surface area contributed by atoms with Gasteiger partial charge in [-0.2, -0.15) is 4.98 Å². The molecule has 0 unspecified atom stereocenters. The smallest absolute Gasteiger partial charge is 0.222 e. The van der Waals surface area contributed by atoms with Crippen molar-refractivity contribution in [2.75, 3.05) is 24.2 Å². The summed E-state index contributed by atoms with van der Waals surface area (Å²) in [5, 5.41) is 2.85. The van der Waals surface area contributed by atoms with E-state index in [1.165, 1.54) is 0 Å². The second kappa shape index (κ2) is 5.07. The summed E-state index contributed by atoms with van der Waals surface area (Å²) in [6.45, 7) is 6.76. The topological polar surface area (TPSA) is 73.1 Å². The Morgan fingerprint density at radius 3 is 2.88 bits per heavy atom. The predicted octanol–water partition coefficient (Wildman–Crippen LogP) is 1.42. The predicted molar refractivity (Wildman–Crippen MR) is 60.6 cm³/mol. The van der Waals surface area contributed by atoms with Gasteiger partial charge in [0, 0.05) is 13.2 Å². The van der Waals surface area contributed by atoms with Crippen LogP contribution in [0.4, 0.5) is 16.2 Å². The van der Waals surface area contributed by atoms with E-state index >= 15 is 0 Å². The zero-order valence-corrected chi connectivity index (χ0v) is 9.75. The molecule has 0 aliphatic heterocycles. The number of hydrogen-bond acceptors (Lipinski definition) is 5. The van der Waals surface area contributed by atoms with Crippen LogP contribution in [0.1, 0.15) is 20.8 Å². The molecule has 0 saturated carbocycles. The van der Waals surface area contributed by atoms with Gasteiger partial charge in [-0.25, -0.2) is 9.37 Å². The summed E-state index contributed by atoms with van der Waals surface area (Å²) in [7, 11) is 0. The van der Waals surface area contributed by atoms with Gasteiger partial charge in [0.1, 0.15) is 0 Å². The first-order chi connectivity index (χ1) is 7.44. The molecule has 0 spiro atoms. The highest BCUT2D eigenvalue weighted by molar-refractivity contribution is 5.39. The van der Waals surface area contributed by atoms with Gasteiger partial charge in [-0.05, 0) is 20.8 Å². The Morgan fingerprint density at radius 2 is 2.25 bits per heavy atom. The lowest BCUT2D eigenvalue weighted by atomic mass is 10.1. The van der Waals surface area contributed by atoms with Gasteiger partial charge in [0.05, 0.1) is 11.8 Å². The van der Waals surface area contributed by atoms with Gasteiger partial charge in [0.2, 0.25) is 5.95 Å². The van der Waals surface area contributed by atoms with Crippen LogP contribution in [0.2, 0.25) is 0 Å². The van der Waals surface area contributed by atoms with Crippen molar-refractivity contribution in [3.63, 3.8) is 0 Å². The lowest BCUT2D eigenvalue weighted by Crippen LogP contribution is -2.33. The monoisotopic (exact) mass is 228 g/mol. The quantitative estimate of drug-likeness (QED) is 0.797. The van der Waals surface area contributed by atoms with Gasteiger partial charge >= 0.3 is 0 Å². The number of nitrogens with two attached hydrogens (primary N) is 1. The molecule has 0 aliphatic rings. The van der Waals surface area contributed by atoms with Gasteiger partial charge in [-0.15, -0.1) is 0 Å². The van der Waals surface area contributed by atoms with Crippen LogP contribution in [0.5, 0.6) is 0 Å². The van der Waals surface area contributed by atoms with Gasteiger partial charge in [0.25, 0.3) is 0 Å². The number of nitrogen functional groups attached to an aromatic ring is 1. The normalized spacial score (nSPS) is 11.5. The molecule has 0 aliphatic carbocycles. The Kier molecular flexibility index (Phi) is 4.00. The minimum Gasteiger partial charge on any atom is -0.374 e. The van der Waals surface area contributed by atoms with Crippen LogP contribution in [0.25, 0.3) is 0 Å². The zero-order valence-electron chi connectivity index (χ0n) is 9.75. The molecule has 16 heavy (non-hydrogen) atoms. The third-order valence-electron chi connectivity index (χ3n) is 1.98. The maximum absolute atomic E-state index is 13.2. The average molecular weight is 228 g/mol. The van der Waals surface area contributed by atoms with Crippen LogP contribution in [-0.4, -0.2) is 28.7 Å². The highest BCUT2D eigenvalue weighted by Crippen LogP contribution is 2.14. The van der Waals surface area contributed by atoms with Crippen molar-refractivity contribution in [2.45, 2.75) is 26.4 Å². The van der Waals surface area contributed by atoms with Crippen molar-refractivity contribution in [2.24, 2.45) is 0 Å². The van der Waals surface area contributed by atoms with E-state index in [1.54, 1.807) is 0 Å². The molecule has 5 nitrogen and oxygen atoms in total. The van der Waals surface area contributed by atoms with Gasteiger partial charge < -0.3 is 15.8 Å². The number of ether oxygens (including phenoxy) is 1. The second-order valence-electron chi connectivity index (χ2n) is 3.97. The largest absolute Gasteiger partial charge is 0.374 e. The van der Waals surface area contributed by atoms with Crippen molar-refractivity contribution < 1.29 is 9.13 Å². The highest BCUT2D eigenvalue weighted by atomic mass is 19.1. The summed E-state index contributed by atoms with van der Waals surface area (Å²) >= 11 is 0. The number of aromatic nitrogens is 2. The molecule has 0 fully saturated rings. The van der Waals surface area contributed by atoms with Crippen LogP contribution < -0.4 is 11.1 Å². The average Bonchev–Trinajstić information content (AvgIpc) is 2.19. The van der Waals surface area contributed by atoms with Gasteiger partial charge in [-0.3, -0.25) is 0 Å². The van der Waals surface area contributed by atoms with Crippen molar-refractivity contribution in [1.29, 1.82) is 0 Å². The lowest BCUT2D eigenvalue weighted by molar-refractivity contribution is 0.000601. The van der Waals surface area contributed by atoms with E-state index in [-0.39, 0.29) is 17.4 Å². The molecule has 3 N–H and O–H groups in total. The number of rotatable bonds is 5. The summed E-state index contributed by atoms with van der Waals surface area (Å²) in [6, 6.07) is 0. The Morgan fingerprint density at radius 1 is 1.56 bits per heavy atom. The summed E-state index contributed by atoms with van der Waals surface area (Å²) < 4.78 is 18.7. The molecule has 1 aromatic heterocycles. The number of hydrogen-bond donors (Lipinski definition) is 2. The van der Waals surface area contributed by atoms with Crippen LogP contribution in [0.3, 0.4) is 0 Å². The second-order valence-corrected chi connectivity index (χ2v) is 3.97. The van der Waals surface area contributed by atoms with E-state index < -0.39 is 5.82 Å². The van der Waals surface area contributed by atoms with Crippen LogP contribution in [-0.2, 0) is 4.74 Å². The van der Waals surface area contributed by atoms with Crippen molar-refractivity contribution in [3.05, 3.63) is 12.0 Å². The molecule has 0 atom stereocenters. The first kappa shape index (κ1) is 12.6. The maximum Gasteiger partial charge on any atom is 0.222 e. The van der Waals surface area contributed by atoms with Crippen LogP contribution in [0.15, 0.2) is 6.20 Å². The van der Waals surface area contributed by atoms with Crippen molar-refractivity contribution >= 4 is 11.8 Å². The van der Waals surface area contributed by atoms with Crippen LogP contribution >= 0.6 is 0 Å². The fourth-order valence-corrected chi connectivity index (χ4v) is 1.24. The van der Waals surface area contributed by atoms with Gasteiger partial charge in [-0.1, -0.05) is 0 Å². The molecule has 0 saturated heterocycles.